The van der Waals surface area contributed by atoms with E-state index in [1.165, 1.54) is 11.1 Å². The van der Waals surface area contributed by atoms with Crippen LogP contribution in [-0.4, -0.2) is 30.2 Å². The molecule has 0 radical (unpaired) electrons. The van der Waals surface area contributed by atoms with E-state index >= 15 is 0 Å². The van der Waals surface area contributed by atoms with Crippen LogP contribution in [-0.2, 0) is 12.8 Å². The molecular formula is C36H28Cl2N6O2. The fourth-order valence-corrected chi connectivity index (χ4v) is 4.49. The maximum atomic E-state index is 6.13. The Kier molecular flexibility index (Phi) is 11.3. The lowest BCUT2D eigenvalue weighted by molar-refractivity contribution is 0.380. The van der Waals surface area contributed by atoms with E-state index < -0.39 is 0 Å². The molecule has 0 amide bonds. The van der Waals surface area contributed by atoms with Crippen LogP contribution >= 0.6 is 23.2 Å². The van der Waals surface area contributed by atoms with Crippen molar-refractivity contribution in [3.63, 3.8) is 0 Å². The Labute approximate surface area is 277 Å². The first-order valence-electron chi connectivity index (χ1n) is 14.4. The highest BCUT2D eigenvalue weighted by atomic mass is 35.5. The summed E-state index contributed by atoms with van der Waals surface area (Å²) in [6, 6.07) is 22.5. The fourth-order valence-electron chi connectivity index (χ4n) is 4.11. The smallest absolute Gasteiger partial charge is 0.227 e. The summed E-state index contributed by atoms with van der Waals surface area (Å²) in [6.45, 7) is 4.14. The predicted octanol–water partition coefficient (Wildman–Crippen LogP) is 8.16. The van der Waals surface area contributed by atoms with Gasteiger partial charge in [0.1, 0.15) is 11.4 Å². The van der Waals surface area contributed by atoms with Crippen molar-refractivity contribution >= 4 is 23.2 Å². The van der Waals surface area contributed by atoms with Crippen LogP contribution < -0.4 is 0 Å². The average Bonchev–Trinajstić information content (AvgIpc) is 3.75. The van der Waals surface area contributed by atoms with E-state index in [-0.39, 0.29) is 0 Å². The number of hydrogen-bond donors (Lipinski definition) is 0. The van der Waals surface area contributed by atoms with E-state index in [1.807, 2.05) is 48.5 Å². The average molecular weight is 648 g/mol. The third-order valence-electron chi connectivity index (χ3n) is 6.64. The fraction of sp³-hybridized carbons (Fsp3) is 0.167. The molecule has 2 aromatic carbocycles. The van der Waals surface area contributed by atoms with Crippen LogP contribution in [0, 0.1) is 37.5 Å². The van der Waals surface area contributed by atoms with Gasteiger partial charge in [-0.2, -0.15) is 9.97 Å². The molecule has 0 aliphatic rings. The minimum Gasteiger partial charge on any atom is -0.339 e. The Morgan fingerprint density at radius 2 is 1.24 bits per heavy atom. The molecule has 0 aliphatic heterocycles. The standard InChI is InChI=1S/C19H17N3O.C17H11Cl2N3O/c1-14-8-7-11-17(15(14)2)19-21-18(23-22-19)12-4-3-9-16-10-5-6-13-20-16;18-12-8-9-15(19)14(11-12)17-21-16(23-22-17)7-2-1-5-13-6-3-4-10-20-13/h5-8,10-11,13H,4,12H2,1-2H3;3-4,6,8-11H,2,7H2. The van der Waals surface area contributed by atoms with Crippen LogP contribution in [0.15, 0.2) is 94.2 Å². The lowest BCUT2D eigenvalue weighted by atomic mass is 10.0. The molecule has 6 aromatic rings. The quantitative estimate of drug-likeness (QED) is 0.167. The first kappa shape index (κ1) is 32.1. The molecular weight excluding hydrogens is 619 g/mol. The monoisotopic (exact) mass is 646 g/mol. The summed E-state index contributed by atoms with van der Waals surface area (Å²) in [6.07, 6.45) is 5.90. The molecule has 4 aromatic heterocycles. The zero-order chi connectivity index (χ0) is 32.1. The largest absolute Gasteiger partial charge is 0.339 e. The van der Waals surface area contributed by atoms with Crippen LogP contribution in [0.2, 0.25) is 10.0 Å². The van der Waals surface area contributed by atoms with E-state index in [1.54, 1.807) is 30.6 Å². The number of aromatic nitrogens is 6. The highest BCUT2D eigenvalue weighted by Gasteiger charge is 2.13. The highest BCUT2D eigenvalue weighted by molar-refractivity contribution is 6.35. The van der Waals surface area contributed by atoms with Crippen molar-refractivity contribution in [2.24, 2.45) is 0 Å². The van der Waals surface area contributed by atoms with Crippen molar-refractivity contribution in [3.05, 3.63) is 130 Å². The number of rotatable bonds is 6. The molecule has 0 atom stereocenters. The molecule has 46 heavy (non-hydrogen) atoms. The molecule has 6 rings (SSSR count). The van der Waals surface area contributed by atoms with Crippen molar-refractivity contribution in [2.75, 3.05) is 0 Å². The number of hydrogen-bond acceptors (Lipinski definition) is 8. The number of pyridine rings is 2. The molecule has 0 fully saturated rings. The van der Waals surface area contributed by atoms with Gasteiger partial charge in [-0.15, -0.1) is 0 Å². The molecule has 10 heteroatoms. The highest BCUT2D eigenvalue weighted by Crippen LogP contribution is 2.28. The number of halogens is 2. The minimum atomic E-state index is 0.421. The SMILES string of the molecule is Cc1cccc(-c2noc(CCC#Cc3ccccn3)n2)c1C.Clc1ccc(Cl)c(-c2noc(CCC#Cc3ccccn3)n2)c1. The topological polar surface area (TPSA) is 104 Å². The van der Waals surface area contributed by atoms with Gasteiger partial charge in [0.05, 0.1) is 5.02 Å². The number of benzene rings is 2. The van der Waals surface area contributed by atoms with Crippen LogP contribution in [0.3, 0.4) is 0 Å². The van der Waals surface area contributed by atoms with Crippen molar-refractivity contribution in [2.45, 2.75) is 39.5 Å². The van der Waals surface area contributed by atoms with Crippen molar-refractivity contribution < 1.29 is 9.05 Å². The molecule has 8 nitrogen and oxygen atoms in total. The second-order valence-electron chi connectivity index (χ2n) is 9.93. The molecule has 0 saturated carbocycles. The second kappa shape index (κ2) is 16.2. The molecule has 228 valence electrons. The van der Waals surface area contributed by atoms with Crippen LogP contribution in [0.5, 0.6) is 0 Å². The van der Waals surface area contributed by atoms with Crippen molar-refractivity contribution in [1.29, 1.82) is 0 Å². The lowest BCUT2D eigenvalue weighted by Gasteiger charge is -2.03. The third-order valence-corrected chi connectivity index (χ3v) is 7.21. The number of nitrogens with zero attached hydrogens (tertiary/aromatic N) is 6. The molecule has 0 saturated heterocycles. The van der Waals surface area contributed by atoms with Crippen molar-refractivity contribution in [3.8, 4) is 46.5 Å². The third kappa shape index (κ3) is 9.12. The summed E-state index contributed by atoms with van der Waals surface area (Å²) < 4.78 is 10.5. The van der Waals surface area contributed by atoms with Gasteiger partial charge in [0.25, 0.3) is 0 Å². The summed E-state index contributed by atoms with van der Waals surface area (Å²) >= 11 is 12.1. The van der Waals surface area contributed by atoms with Gasteiger partial charge in [0.15, 0.2) is 0 Å². The first-order valence-corrected chi connectivity index (χ1v) is 15.2. The van der Waals surface area contributed by atoms with E-state index in [9.17, 15) is 0 Å². The molecule has 0 bridgehead atoms. The van der Waals surface area contributed by atoms with Gasteiger partial charge in [-0.05, 0) is 79.3 Å². The van der Waals surface area contributed by atoms with E-state index in [0.29, 0.717) is 64.7 Å². The Balaban J connectivity index is 0.000000181. The lowest BCUT2D eigenvalue weighted by Crippen LogP contribution is -1.89. The van der Waals surface area contributed by atoms with Gasteiger partial charge in [-0.25, -0.2) is 9.97 Å². The van der Waals surface area contributed by atoms with Gasteiger partial charge in [-0.1, -0.05) is 75.7 Å². The zero-order valence-corrected chi connectivity index (χ0v) is 26.7. The van der Waals surface area contributed by atoms with Gasteiger partial charge in [0, 0.05) is 54.2 Å². The Hall–Kier alpha value is -5.28. The van der Waals surface area contributed by atoms with Gasteiger partial charge in [-0.3, -0.25) is 0 Å². The zero-order valence-electron chi connectivity index (χ0n) is 25.2. The maximum absolute atomic E-state index is 6.13. The summed E-state index contributed by atoms with van der Waals surface area (Å²) in [5.41, 5.74) is 5.57. The van der Waals surface area contributed by atoms with Gasteiger partial charge < -0.3 is 9.05 Å². The summed E-state index contributed by atoms with van der Waals surface area (Å²) in [5.74, 6) is 14.3. The van der Waals surface area contributed by atoms with Crippen molar-refractivity contribution in [1.82, 2.24) is 30.2 Å². The van der Waals surface area contributed by atoms with Crippen LogP contribution in [0.25, 0.3) is 22.8 Å². The predicted molar refractivity (Wildman–Crippen MR) is 178 cm³/mol. The molecule has 4 heterocycles. The molecule has 0 aliphatic carbocycles. The van der Waals surface area contributed by atoms with E-state index in [0.717, 1.165) is 17.0 Å². The van der Waals surface area contributed by atoms with E-state index in [2.05, 4.69) is 73.8 Å². The normalized spacial score (nSPS) is 10.2. The van der Waals surface area contributed by atoms with Crippen LogP contribution in [0.4, 0.5) is 0 Å². The van der Waals surface area contributed by atoms with Gasteiger partial charge >= 0.3 is 0 Å². The summed E-state index contributed by atoms with van der Waals surface area (Å²) in [7, 11) is 0. The minimum absolute atomic E-state index is 0.421. The molecule has 0 spiro atoms. The Morgan fingerprint density at radius 3 is 1.80 bits per heavy atom. The number of aryl methyl sites for hydroxylation is 3. The molecule has 0 N–H and O–H groups in total. The maximum Gasteiger partial charge on any atom is 0.227 e. The first-order chi connectivity index (χ1) is 22.5. The summed E-state index contributed by atoms with van der Waals surface area (Å²) in [4.78, 5) is 17.1. The van der Waals surface area contributed by atoms with Crippen LogP contribution in [0.1, 0.15) is 47.1 Å². The molecule has 0 unspecified atom stereocenters. The Bertz CT molecular complexity index is 1920. The van der Waals surface area contributed by atoms with E-state index in [4.69, 9.17) is 32.2 Å². The second-order valence-corrected chi connectivity index (χ2v) is 10.8. The Morgan fingerprint density at radius 1 is 0.652 bits per heavy atom. The summed E-state index contributed by atoms with van der Waals surface area (Å²) in [5, 5.41) is 9.11. The van der Waals surface area contributed by atoms with Gasteiger partial charge in [0.2, 0.25) is 23.4 Å².